The maximum absolute atomic E-state index is 6.10. The summed E-state index contributed by atoms with van der Waals surface area (Å²) < 4.78 is 1.79. The van der Waals surface area contributed by atoms with Crippen molar-refractivity contribution in [3.05, 3.63) is 19.8 Å². The molecule has 1 atom stereocenters. The van der Waals surface area contributed by atoms with E-state index in [0.29, 0.717) is 12.6 Å². The molecule has 0 spiro atoms. The fraction of sp³-hybridized carbons (Fsp3) is 0.692. The molecular weight excluding hydrogens is 332 g/mol. The van der Waals surface area contributed by atoms with Crippen molar-refractivity contribution in [2.24, 2.45) is 5.73 Å². The Labute approximate surface area is 126 Å². The van der Waals surface area contributed by atoms with Gasteiger partial charge < -0.3 is 11.1 Å². The predicted molar refractivity (Wildman–Crippen MR) is 83.5 cm³/mol. The molecule has 0 amide bonds. The van der Waals surface area contributed by atoms with Gasteiger partial charge in [-0.25, -0.2) is 0 Å². The van der Waals surface area contributed by atoms with E-state index in [0.717, 1.165) is 8.81 Å². The zero-order valence-corrected chi connectivity index (χ0v) is 13.6. The quantitative estimate of drug-likeness (QED) is 0.785. The molecule has 1 aromatic heterocycles. The molecule has 2 rings (SSSR count). The molecule has 0 radical (unpaired) electrons. The molecule has 1 aromatic rings. The van der Waals surface area contributed by atoms with Crippen LogP contribution in [0.3, 0.4) is 0 Å². The highest BCUT2D eigenvalue weighted by molar-refractivity contribution is 9.10. The van der Waals surface area contributed by atoms with E-state index in [4.69, 9.17) is 17.3 Å². The van der Waals surface area contributed by atoms with Gasteiger partial charge in [0.05, 0.1) is 6.04 Å². The lowest BCUT2D eigenvalue weighted by molar-refractivity contribution is 0.405. The number of nitrogens with two attached hydrogens (primary N) is 1. The first-order chi connectivity index (χ1) is 8.70. The van der Waals surface area contributed by atoms with Crippen LogP contribution in [0.5, 0.6) is 0 Å². The van der Waals surface area contributed by atoms with E-state index >= 15 is 0 Å². The Morgan fingerprint density at radius 3 is 2.56 bits per heavy atom. The second kappa shape index (κ2) is 7.25. The minimum atomic E-state index is 0.238. The third kappa shape index (κ3) is 3.94. The molecule has 1 fully saturated rings. The first-order valence-electron chi connectivity index (χ1n) is 6.61. The number of rotatable bonds is 4. The highest BCUT2D eigenvalue weighted by Crippen LogP contribution is 2.35. The fourth-order valence-corrected chi connectivity index (χ4v) is 4.34. The second-order valence-corrected chi connectivity index (χ2v) is 7.45. The van der Waals surface area contributed by atoms with Crippen molar-refractivity contribution in [2.75, 3.05) is 6.54 Å². The molecule has 1 aliphatic carbocycles. The number of nitrogens with one attached hydrogen (secondary N) is 1. The first-order valence-corrected chi connectivity index (χ1v) is 8.60. The highest BCUT2D eigenvalue weighted by Gasteiger charge is 2.19. The van der Waals surface area contributed by atoms with Crippen LogP contribution in [0, 0.1) is 0 Å². The van der Waals surface area contributed by atoms with Gasteiger partial charge in [-0.1, -0.05) is 37.3 Å². The average molecular weight is 352 g/mol. The Morgan fingerprint density at radius 2 is 2.06 bits per heavy atom. The highest BCUT2D eigenvalue weighted by atomic mass is 79.9. The molecule has 0 saturated heterocycles. The standard InChI is InChI=1S/C13H20BrClN2S/c14-10-7-12(18-13(10)15)11(8-16)17-9-5-3-1-2-4-6-9/h7,9,11,17H,1-6,8,16H2. The second-order valence-electron chi connectivity index (χ2n) is 4.91. The summed E-state index contributed by atoms with van der Waals surface area (Å²) in [6, 6.07) is 2.94. The molecule has 1 heterocycles. The Morgan fingerprint density at radius 1 is 1.39 bits per heavy atom. The van der Waals surface area contributed by atoms with Crippen molar-refractivity contribution in [3.63, 3.8) is 0 Å². The molecule has 3 N–H and O–H groups in total. The zero-order valence-electron chi connectivity index (χ0n) is 10.4. The third-order valence-electron chi connectivity index (χ3n) is 3.54. The minimum absolute atomic E-state index is 0.238. The smallest absolute Gasteiger partial charge is 0.107 e. The van der Waals surface area contributed by atoms with Crippen LogP contribution in [0.4, 0.5) is 0 Å². The van der Waals surface area contributed by atoms with Gasteiger partial charge in [0.2, 0.25) is 0 Å². The third-order valence-corrected chi connectivity index (χ3v) is 6.12. The Hall–Kier alpha value is 0.390. The average Bonchev–Trinajstić information content (AvgIpc) is 2.59. The molecule has 0 bridgehead atoms. The molecule has 5 heteroatoms. The van der Waals surface area contributed by atoms with E-state index in [1.54, 1.807) is 11.3 Å². The Balaban J connectivity index is 1.99. The van der Waals surface area contributed by atoms with Crippen LogP contribution in [0.15, 0.2) is 10.5 Å². The van der Waals surface area contributed by atoms with Crippen LogP contribution >= 0.6 is 38.9 Å². The van der Waals surface area contributed by atoms with Crippen molar-refractivity contribution in [3.8, 4) is 0 Å². The lowest BCUT2D eigenvalue weighted by Gasteiger charge is -2.23. The molecule has 1 saturated carbocycles. The largest absolute Gasteiger partial charge is 0.329 e. The number of thiophene rings is 1. The topological polar surface area (TPSA) is 38.0 Å². The van der Waals surface area contributed by atoms with Gasteiger partial charge in [-0.3, -0.25) is 0 Å². The maximum atomic E-state index is 6.10. The molecule has 1 aliphatic rings. The Bertz CT molecular complexity index is 356. The summed E-state index contributed by atoms with van der Waals surface area (Å²) in [4.78, 5) is 1.23. The van der Waals surface area contributed by atoms with Gasteiger partial charge >= 0.3 is 0 Å². The summed E-state index contributed by atoms with van der Waals surface area (Å²) in [7, 11) is 0. The van der Waals surface area contributed by atoms with Gasteiger partial charge in [-0.2, -0.15) is 0 Å². The van der Waals surface area contributed by atoms with Crippen molar-refractivity contribution in [2.45, 2.75) is 50.6 Å². The Kier molecular flexibility index (Phi) is 5.96. The number of halogens is 2. The van der Waals surface area contributed by atoms with Crippen LogP contribution in [-0.4, -0.2) is 12.6 Å². The maximum Gasteiger partial charge on any atom is 0.107 e. The van der Waals surface area contributed by atoms with E-state index in [9.17, 15) is 0 Å². The van der Waals surface area contributed by atoms with Crippen LogP contribution in [-0.2, 0) is 0 Å². The summed E-state index contributed by atoms with van der Waals surface area (Å²) >= 11 is 11.2. The monoisotopic (exact) mass is 350 g/mol. The number of hydrogen-bond donors (Lipinski definition) is 2. The van der Waals surface area contributed by atoms with E-state index in [2.05, 4.69) is 27.3 Å². The van der Waals surface area contributed by atoms with E-state index in [1.165, 1.54) is 43.4 Å². The summed E-state index contributed by atoms with van der Waals surface area (Å²) in [5, 5.41) is 3.71. The predicted octanol–water partition coefficient (Wildman–Crippen LogP) is 4.48. The molecule has 0 aromatic carbocycles. The normalized spacial score (nSPS) is 19.7. The van der Waals surface area contributed by atoms with Crippen molar-refractivity contribution in [1.29, 1.82) is 0 Å². The van der Waals surface area contributed by atoms with E-state index in [-0.39, 0.29) is 6.04 Å². The van der Waals surface area contributed by atoms with Gasteiger partial charge in [0, 0.05) is 21.9 Å². The summed E-state index contributed by atoms with van der Waals surface area (Å²) in [5.74, 6) is 0. The summed E-state index contributed by atoms with van der Waals surface area (Å²) in [6.45, 7) is 0.625. The lowest BCUT2D eigenvalue weighted by atomic mass is 10.1. The minimum Gasteiger partial charge on any atom is -0.329 e. The molecule has 18 heavy (non-hydrogen) atoms. The van der Waals surface area contributed by atoms with Crippen LogP contribution in [0.25, 0.3) is 0 Å². The van der Waals surface area contributed by atoms with Gasteiger partial charge in [0.15, 0.2) is 0 Å². The lowest BCUT2D eigenvalue weighted by Crippen LogP contribution is -2.36. The number of hydrogen-bond acceptors (Lipinski definition) is 3. The van der Waals surface area contributed by atoms with Crippen molar-refractivity contribution < 1.29 is 0 Å². The molecule has 2 nitrogen and oxygen atoms in total. The molecule has 1 unspecified atom stereocenters. The SMILES string of the molecule is NCC(NC1CCCCCC1)c1cc(Br)c(Cl)s1. The van der Waals surface area contributed by atoms with Crippen molar-refractivity contribution in [1.82, 2.24) is 5.32 Å². The van der Waals surface area contributed by atoms with Crippen LogP contribution in [0.1, 0.15) is 49.4 Å². The van der Waals surface area contributed by atoms with Gasteiger partial charge in [0.25, 0.3) is 0 Å². The van der Waals surface area contributed by atoms with E-state index < -0.39 is 0 Å². The van der Waals surface area contributed by atoms with Crippen molar-refractivity contribution >= 4 is 38.9 Å². The van der Waals surface area contributed by atoms with Gasteiger partial charge in [-0.15, -0.1) is 11.3 Å². The molecular formula is C13H20BrClN2S. The summed E-state index contributed by atoms with van der Waals surface area (Å²) in [5.41, 5.74) is 5.91. The summed E-state index contributed by atoms with van der Waals surface area (Å²) in [6.07, 6.45) is 7.98. The zero-order chi connectivity index (χ0) is 13.0. The first kappa shape index (κ1) is 14.8. The molecule has 102 valence electrons. The molecule has 0 aliphatic heterocycles. The fourth-order valence-electron chi connectivity index (χ4n) is 2.53. The van der Waals surface area contributed by atoms with Gasteiger partial charge in [0.1, 0.15) is 4.34 Å². The van der Waals surface area contributed by atoms with Crippen LogP contribution < -0.4 is 11.1 Å². The van der Waals surface area contributed by atoms with Crippen LogP contribution in [0.2, 0.25) is 4.34 Å². The van der Waals surface area contributed by atoms with Gasteiger partial charge in [-0.05, 0) is 34.8 Å². The van der Waals surface area contributed by atoms with E-state index in [1.807, 2.05) is 0 Å².